The molecule has 3 heteroatoms. The third-order valence-corrected chi connectivity index (χ3v) is 3.39. The minimum atomic E-state index is 0.121. The fourth-order valence-electron chi connectivity index (χ4n) is 2.36. The summed E-state index contributed by atoms with van der Waals surface area (Å²) < 4.78 is 0. The van der Waals surface area contributed by atoms with Crippen LogP contribution in [0.1, 0.15) is 22.3 Å². The standard InChI is InChI=1S/C16H16N2O/c1-11-2-3-13-9-14(5-4-12(13)8-11)15(19)10-16-17-6-7-18-16/h2-5,8-9H,6-7,10H2,1H3,(H,17,18). The van der Waals surface area contributed by atoms with Crippen molar-refractivity contribution in [2.24, 2.45) is 4.99 Å². The van der Waals surface area contributed by atoms with E-state index in [-0.39, 0.29) is 5.78 Å². The summed E-state index contributed by atoms with van der Waals surface area (Å²) in [5.74, 6) is 0.935. The number of hydrogen-bond donors (Lipinski definition) is 1. The van der Waals surface area contributed by atoms with Crippen molar-refractivity contribution >= 4 is 22.4 Å². The largest absolute Gasteiger partial charge is 0.372 e. The number of carbonyl (C=O) groups is 1. The zero-order chi connectivity index (χ0) is 13.2. The van der Waals surface area contributed by atoms with Crippen LogP contribution >= 0.6 is 0 Å². The molecule has 0 fully saturated rings. The summed E-state index contributed by atoms with van der Waals surface area (Å²) in [6.45, 7) is 3.70. The Labute approximate surface area is 112 Å². The van der Waals surface area contributed by atoms with E-state index in [4.69, 9.17) is 0 Å². The molecule has 19 heavy (non-hydrogen) atoms. The second kappa shape index (κ2) is 4.84. The highest BCUT2D eigenvalue weighted by Gasteiger charge is 2.12. The minimum Gasteiger partial charge on any atom is -0.372 e. The van der Waals surface area contributed by atoms with Crippen molar-refractivity contribution in [2.75, 3.05) is 13.1 Å². The van der Waals surface area contributed by atoms with Crippen LogP contribution in [0.4, 0.5) is 0 Å². The molecule has 0 amide bonds. The van der Waals surface area contributed by atoms with Crippen molar-refractivity contribution in [3.05, 3.63) is 47.5 Å². The van der Waals surface area contributed by atoms with E-state index in [0.29, 0.717) is 6.42 Å². The lowest BCUT2D eigenvalue weighted by Crippen LogP contribution is -2.21. The van der Waals surface area contributed by atoms with Gasteiger partial charge in [0.15, 0.2) is 5.78 Å². The van der Waals surface area contributed by atoms with Crippen LogP contribution in [-0.4, -0.2) is 24.7 Å². The van der Waals surface area contributed by atoms with Crippen molar-refractivity contribution in [1.82, 2.24) is 5.32 Å². The van der Waals surface area contributed by atoms with Crippen LogP contribution in [-0.2, 0) is 0 Å². The molecule has 3 rings (SSSR count). The zero-order valence-corrected chi connectivity index (χ0v) is 10.9. The Hall–Kier alpha value is -2.16. The number of aliphatic imine (C=N–C) groups is 1. The highest BCUT2D eigenvalue weighted by molar-refractivity contribution is 6.10. The fourth-order valence-corrected chi connectivity index (χ4v) is 2.36. The van der Waals surface area contributed by atoms with E-state index < -0.39 is 0 Å². The Kier molecular flexibility index (Phi) is 3.03. The molecular weight excluding hydrogens is 236 g/mol. The number of aryl methyl sites for hydroxylation is 1. The van der Waals surface area contributed by atoms with E-state index in [1.54, 1.807) is 0 Å². The number of hydrogen-bond acceptors (Lipinski definition) is 3. The predicted octanol–water partition coefficient (Wildman–Crippen LogP) is 2.72. The number of benzene rings is 2. The Bertz CT molecular complexity index is 674. The zero-order valence-electron chi connectivity index (χ0n) is 10.9. The Morgan fingerprint density at radius 1 is 1.21 bits per heavy atom. The lowest BCUT2D eigenvalue weighted by Gasteiger charge is -2.05. The molecule has 1 N–H and O–H groups in total. The smallest absolute Gasteiger partial charge is 0.170 e. The van der Waals surface area contributed by atoms with Crippen molar-refractivity contribution in [1.29, 1.82) is 0 Å². The topological polar surface area (TPSA) is 41.5 Å². The number of nitrogens with zero attached hydrogens (tertiary/aromatic N) is 1. The monoisotopic (exact) mass is 252 g/mol. The van der Waals surface area contributed by atoms with Crippen molar-refractivity contribution < 1.29 is 4.79 Å². The molecule has 2 aromatic rings. The first-order valence-corrected chi connectivity index (χ1v) is 6.53. The molecule has 1 aliphatic rings. The molecule has 3 nitrogen and oxygen atoms in total. The number of nitrogens with one attached hydrogen (secondary N) is 1. The van der Waals surface area contributed by atoms with Gasteiger partial charge in [-0.25, -0.2) is 0 Å². The molecule has 0 aromatic heterocycles. The van der Waals surface area contributed by atoms with Crippen LogP contribution < -0.4 is 5.32 Å². The molecule has 96 valence electrons. The number of fused-ring (bicyclic) bond motifs is 1. The van der Waals surface area contributed by atoms with Gasteiger partial charge in [0.05, 0.1) is 13.0 Å². The van der Waals surface area contributed by atoms with Gasteiger partial charge in [-0.1, -0.05) is 35.9 Å². The summed E-state index contributed by atoms with van der Waals surface area (Å²) in [5.41, 5.74) is 1.99. The van der Waals surface area contributed by atoms with Gasteiger partial charge in [0.1, 0.15) is 5.84 Å². The highest BCUT2D eigenvalue weighted by atomic mass is 16.1. The molecule has 0 saturated carbocycles. The lowest BCUT2D eigenvalue weighted by atomic mass is 10.0. The maximum Gasteiger partial charge on any atom is 0.170 e. The molecule has 0 spiro atoms. The summed E-state index contributed by atoms with van der Waals surface area (Å²) >= 11 is 0. The van der Waals surface area contributed by atoms with E-state index in [2.05, 4.69) is 35.4 Å². The number of rotatable bonds is 3. The SMILES string of the molecule is Cc1ccc2cc(C(=O)CC3=NCCN3)ccc2c1. The second-order valence-corrected chi connectivity index (χ2v) is 4.92. The summed E-state index contributed by atoms with van der Waals surface area (Å²) in [4.78, 5) is 16.5. The van der Waals surface area contributed by atoms with Gasteiger partial charge < -0.3 is 5.32 Å². The average molecular weight is 252 g/mol. The number of ketones is 1. The van der Waals surface area contributed by atoms with Crippen LogP contribution in [0, 0.1) is 6.92 Å². The first kappa shape index (κ1) is 11.9. The molecule has 0 saturated heterocycles. The van der Waals surface area contributed by atoms with E-state index >= 15 is 0 Å². The maximum absolute atomic E-state index is 12.2. The molecule has 1 aliphatic heterocycles. The van der Waals surface area contributed by atoms with Gasteiger partial charge in [-0.15, -0.1) is 0 Å². The van der Waals surface area contributed by atoms with E-state index in [1.165, 1.54) is 10.9 Å². The summed E-state index contributed by atoms with van der Waals surface area (Å²) in [7, 11) is 0. The van der Waals surface area contributed by atoms with Crippen LogP contribution in [0.2, 0.25) is 0 Å². The lowest BCUT2D eigenvalue weighted by molar-refractivity contribution is 0.1000. The third-order valence-electron chi connectivity index (χ3n) is 3.39. The normalized spacial score (nSPS) is 14.3. The first-order chi connectivity index (χ1) is 9.22. The van der Waals surface area contributed by atoms with Gasteiger partial charge in [0.25, 0.3) is 0 Å². The first-order valence-electron chi connectivity index (χ1n) is 6.53. The van der Waals surface area contributed by atoms with Crippen molar-refractivity contribution in [3.63, 3.8) is 0 Å². The number of amidine groups is 1. The molecule has 0 atom stereocenters. The van der Waals surface area contributed by atoms with Gasteiger partial charge in [0, 0.05) is 12.1 Å². The van der Waals surface area contributed by atoms with E-state index in [1.807, 2.05) is 18.2 Å². The Morgan fingerprint density at radius 3 is 2.79 bits per heavy atom. The predicted molar refractivity (Wildman–Crippen MR) is 77.9 cm³/mol. The van der Waals surface area contributed by atoms with Crippen LogP contribution in [0.15, 0.2) is 41.4 Å². The van der Waals surface area contributed by atoms with E-state index in [0.717, 1.165) is 29.9 Å². The Morgan fingerprint density at radius 2 is 2.00 bits per heavy atom. The van der Waals surface area contributed by atoms with Crippen molar-refractivity contribution in [3.8, 4) is 0 Å². The second-order valence-electron chi connectivity index (χ2n) is 4.92. The minimum absolute atomic E-state index is 0.121. The van der Waals surface area contributed by atoms with Gasteiger partial charge in [0.2, 0.25) is 0 Å². The molecule has 0 radical (unpaired) electrons. The molecule has 0 unspecified atom stereocenters. The van der Waals surface area contributed by atoms with Gasteiger partial charge in [-0.2, -0.15) is 0 Å². The van der Waals surface area contributed by atoms with Crippen LogP contribution in [0.3, 0.4) is 0 Å². The van der Waals surface area contributed by atoms with Gasteiger partial charge >= 0.3 is 0 Å². The number of carbonyl (C=O) groups excluding carboxylic acids is 1. The van der Waals surface area contributed by atoms with Crippen molar-refractivity contribution in [2.45, 2.75) is 13.3 Å². The summed E-state index contributed by atoms with van der Waals surface area (Å²) in [6, 6.07) is 12.1. The molecule has 2 aromatic carbocycles. The molecule has 0 bridgehead atoms. The average Bonchev–Trinajstić information content (AvgIpc) is 2.91. The molecule has 0 aliphatic carbocycles. The third kappa shape index (κ3) is 2.50. The van der Waals surface area contributed by atoms with Crippen LogP contribution in [0.5, 0.6) is 0 Å². The quantitative estimate of drug-likeness (QED) is 0.853. The van der Waals surface area contributed by atoms with Gasteiger partial charge in [-0.05, 0) is 23.8 Å². The van der Waals surface area contributed by atoms with Crippen LogP contribution in [0.25, 0.3) is 10.8 Å². The summed E-state index contributed by atoms with van der Waals surface area (Å²) in [5, 5.41) is 5.41. The van der Waals surface area contributed by atoms with E-state index in [9.17, 15) is 4.79 Å². The van der Waals surface area contributed by atoms with Gasteiger partial charge in [-0.3, -0.25) is 9.79 Å². The highest BCUT2D eigenvalue weighted by Crippen LogP contribution is 2.18. The summed E-state index contributed by atoms with van der Waals surface area (Å²) in [6.07, 6.45) is 0.372. The maximum atomic E-state index is 12.2. The number of Topliss-reactive ketones (excluding diaryl/α,β-unsaturated/α-hetero) is 1. The molecule has 1 heterocycles. The Balaban J connectivity index is 1.88. The fraction of sp³-hybridized carbons (Fsp3) is 0.250. The molecular formula is C16H16N2O.